The number of pyridine rings is 1. The summed E-state index contributed by atoms with van der Waals surface area (Å²) in [5.41, 5.74) is 1.29. The SMILES string of the molecule is COc1c(-c2cc3c(s2)CCCC3N(C)C(=O)OC(C)(C)C)ccc2c(=O)c(C(=O)O)cn(C3CC3)c12. The summed E-state index contributed by atoms with van der Waals surface area (Å²) in [6.07, 6.45) is 5.73. The Kier molecular flexibility index (Phi) is 6.30. The fourth-order valence-corrected chi connectivity index (χ4v) is 6.42. The molecule has 0 radical (unpaired) electrons. The molecule has 5 rings (SSSR count). The third kappa shape index (κ3) is 4.61. The summed E-state index contributed by atoms with van der Waals surface area (Å²) >= 11 is 1.67. The van der Waals surface area contributed by atoms with Crippen molar-refractivity contribution in [3.63, 3.8) is 0 Å². The zero-order chi connectivity index (χ0) is 26.6. The van der Waals surface area contributed by atoms with E-state index in [9.17, 15) is 19.5 Å². The lowest BCUT2D eigenvalue weighted by molar-refractivity contribution is 0.0205. The highest BCUT2D eigenvalue weighted by Crippen LogP contribution is 2.47. The Bertz CT molecular complexity index is 1460. The summed E-state index contributed by atoms with van der Waals surface area (Å²) in [6.45, 7) is 5.58. The van der Waals surface area contributed by atoms with Crippen molar-refractivity contribution in [3.05, 3.63) is 50.6 Å². The summed E-state index contributed by atoms with van der Waals surface area (Å²) in [5, 5.41) is 9.94. The molecular weight excluding hydrogens is 492 g/mol. The monoisotopic (exact) mass is 524 g/mol. The Morgan fingerprint density at radius 2 is 1.92 bits per heavy atom. The number of rotatable bonds is 5. The molecule has 3 aromatic rings. The zero-order valence-electron chi connectivity index (χ0n) is 21.8. The van der Waals surface area contributed by atoms with Crippen LogP contribution in [0.5, 0.6) is 5.75 Å². The van der Waals surface area contributed by atoms with Crippen LogP contribution in [-0.2, 0) is 11.2 Å². The van der Waals surface area contributed by atoms with Crippen LogP contribution >= 0.6 is 11.3 Å². The molecule has 2 aliphatic carbocycles. The van der Waals surface area contributed by atoms with Gasteiger partial charge in [-0.05, 0) is 76.6 Å². The van der Waals surface area contributed by atoms with Gasteiger partial charge in [-0.1, -0.05) is 0 Å². The van der Waals surface area contributed by atoms with E-state index in [1.807, 2.05) is 31.4 Å². The molecule has 9 heteroatoms. The molecular formula is C28H32N2O6S. The van der Waals surface area contributed by atoms with Crippen LogP contribution in [-0.4, -0.2) is 46.4 Å². The van der Waals surface area contributed by atoms with Crippen molar-refractivity contribution in [3.8, 4) is 16.2 Å². The quantitative estimate of drug-likeness (QED) is 0.439. The lowest BCUT2D eigenvalue weighted by Crippen LogP contribution is -2.37. The van der Waals surface area contributed by atoms with E-state index in [-0.39, 0.29) is 23.7 Å². The van der Waals surface area contributed by atoms with Crippen LogP contribution in [0.3, 0.4) is 0 Å². The van der Waals surface area contributed by atoms with Gasteiger partial charge in [-0.15, -0.1) is 11.3 Å². The normalized spacial score (nSPS) is 17.4. The van der Waals surface area contributed by atoms with Gasteiger partial charge in [0.25, 0.3) is 0 Å². The number of hydrogen-bond acceptors (Lipinski definition) is 6. The van der Waals surface area contributed by atoms with E-state index in [1.54, 1.807) is 36.5 Å². The van der Waals surface area contributed by atoms with Crippen LogP contribution in [0.4, 0.5) is 4.79 Å². The van der Waals surface area contributed by atoms with E-state index in [2.05, 4.69) is 6.07 Å². The predicted molar refractivity (Wildman–Crippen MR) is 143 cm³/mol. The van der Waals surface area contributed by atoms with Crippen LogP contribution < -0.4 is 10.2 Å². The largest absolute Gasteiger partial charge is 0.494 e. The molecule has 1 unspecified atom stereocenters. The molecule has 0 bridgehead atoms. The number of aryl methyl sites for hydroxylation is 1. The number of methoxy groups -OCH3 is 1. The highest BCUT2D eigenvalue weighted by Gasteiger charge is 2.33. The van der Waals surface area contributed by atoms with E-state index in [0.29, 0.717) is 16.7 Å². The maximum atomic E-state index is 13.0. The van der Waals surface area contributed by atoms with E-state index >= 15 is 0 Å². The molecule has 1 fully saturated rings. The van der Waals surface area contributed by atoms with Crippen molar-refractivity contribution >= 4 is 34.3 Å². The topological polar surface area (TPSA) is 98.1 Å². The minimum atomic E-state index is -1.23. The number of thiophene rings is 1. The standard InChI is InChI=1S/C28H32N2O6S/c1-28(2,3)36-27(34)29(4)20-7-6-8-21-18(20)13-22(37-21)16-11-12-17-23(25(16)35-5)30(15-9-10-15)14-19(24(17)31)26(32)33/h11-15,20H,6-10H2,1-5H3,(H,32,33). The first-order chi connectivity index (χ1) is 17.5. The van der Waals surface area contributed by atoms with Gasteiger partial charge in [-0.25, -0.2) is 9.59 Å². The number of carboxylic acid groups (broad SMARTS) is 1. The summed E-state index contributed by atoms with van der Waals surface area (Å²) < 4.78 is 13.4. The number of hydrogen-bond donors (Lipinski definition) is 1. The summed E-state index contributed by atoms with van der Waals surface area (Å²) in [6, 6.07) is 5.74. The van der Waals surface area contributed by atoms with Gasteiger partial charge in [0.05, 0.1) is 24.1 Å². The van der Waals surface area contributed by atoms with Gasteiger partial charge in [0, 0.05) is 34.6 Å². The Morgan fingerprint density at radius 3 is 2.54 bits per heavy atom. The summed E-state index contributed by atoms with van der Waals surface area (Å²) in [4.78, 5) is 41.5. The predicted octanol–water partition coefficient (Wildman–Crippen LogP) is 6.02. The van der Waals surface area contributed by atoms with Crippen molar-refractivity contribution in [2.75, 3.05) is 14.2 Å². The molecule has 196 valence electrons. The van der Waals surface area contributed by atoms with E-state index < -0.39 is 17.0 Å². The molecule has 0 saturated heterocycles. The van der Waals surface area contributed by atoms with E-state index in [0.717, 1.165) is 48.1 Å². The van der Waals surface area contributed by atoms with Crippen LogP contribution in [0.1, 0.15) is 79.3 Å². The third-order valence-electron chi connectivity index (χ3n) is 7.02. The molecule has 1 atom stereocenters. The number of carbonyl (C=O) groups excluding carboxylic acids is 1. The number of carboxylic acids is 1. The number of aromatic nitrogens is 1. The number of carbonyl (C=O) groups is 2. The maximum absolute atomic E-state index is 13.0. The zero-order valence-corrected chi connectivity index (χ0v) is 22.6. The second kappa shape index (κ2) is 9.20. The highest BCUT2D eigenvalue weighted by molar-refractivity contribution is 7.15. The number of nitrogens with zero attached hydrogens (tertiary/aromatic N) is 2. The highest BCUT2D eigenvalue weighted by atomic mass is 32.1. The van der Waals surface area contributed by atoms with Crippen molar-refractivity contribution in [2.24, 2.45) is 0 Å². The molecule has 0 spiro atoms. The average molecular weight is 525 g/mol. The molecule has 37 heavy (non-hydrogen) atoms. The van der Waals surface area contributed by atoms with Crippen molar-refractivity contribution in [2.45, 2.75) is 70.6 Å². The molecule has 8 nitrogen and oxygen atoms in total. The van der Waals surface area contributed by atoms with Crippen LogP contribution in [0, 0.1) is 0 Å². The minimum absolute atomic E-state index is 0.0854. The van der Waals surface area contributed by atoms with Crippen LogP contribution in [0.25, 0.3) is 21.3 Å². The lowest BCUT2D eigenvalue weighted by Gasteiger charge is -2.33. The molecule has 2 aromatic heterocycles. The lowest BCUT2D eigenvalue weighted by atomic mass is 9.92. The Hall–Kier alpha value is -3.33. The van der Waals surface area contributed by atoms with Gasteiger partial charge in [-0.2, -0.15) is 0 Å². The van der Waals surface area contributed by atoms with Crippen molar-refractivity contribution in [1.82, 2.24) is 9.47 Å². The van der Waals surface area contributed by atoms with E-state index in [4.69, 9.17) is 9.47 Å². The molecule has 1 aromatic carbocycles. The second-order valence-corrected chi connectivity index (χ2v) is 12.0. The van der Waals surface area contributed by atoms with Gasteiger partial charge < -0.3 is 24.0 Å². The van der Waals surface area contributed by atoms with Gasteiger partial charge in [0.1, 0.15) is 11.2 Å². The third-order valence-corrected chi connectivity index (χ3v) is 8.26. The molecule has 1 amide bonds. The summed E-state index contributed by atoms with van der Waals surface area (Å²) in [7, 11) is 3.37. The number of amides is 1. The van der Waals surface area contributed by atoms with Gasteiger partial charge in [0.15, 0.2) is 5.75 Å². The fraction of sp³-hybridized carbons (Fsp3) is 0.464. The number of ether oxygens (including phenoxy) is 2. The smallest absolute Gasteiger partial charge is 0.410 e. The van der Waals surface area contributed by atoms with Crippen LogP contribution in [0.15, 0.2) is 29.2 Å². The Morgan fingerprint density at radius 1 is 1.19 bits per heavy atom. The first-order valence-corrected chi connectivity index (χ1v) is 13.4. The van der Waals surface area contributed by atoms with E-state index in [1.165, 1.54) is 11.1 Å². The Labute approximate surface area is 219 Å². The molecule has 2 aliphatic rings. The first-order valence-electron chi connectivity index (χ1n) is 12.6. The summed E-state index contributed by atoms with van der Waals surface area (Å²) in [5.74, 6) is -0.662. The van der Waals surface area contributed by atoms with Gasteiger partial charge in [-0.3, -0.25) is 4.79 Å². The molecule has 1 N–H and O–H groups in total. The van der Waals surface area contributed by atoms with Crippen molar-refractivity contribution < 1.29 is 24.2 Å². The second-order valence-electron chi connectivity index (χ2n) is 10.8. The first kappa shape index (κ1) is 25.3. The van der Waals surface area contributed by atoms with Gasteiger partial charge in [0.2, 0.25) is 5.43 Å². The van der Waals surface area contributed by atoms with Crippen molar-refractivity contribution in [1.29, 1.82) is 0 Å². The average Bonchev–Trinajstić information content (AvgIpc) is 3.59. The number of benzene rings is 1. The Balaban J connectivity index is 1.61. The fourth-order valence-electron chi connectivity index (χ4n) is 5.14. The van der Waals surface area contributed by atoms with Crippen LogP contribution in [0.2, 0.25) is 0 Å². The molecule has 0 aliphatic heterocycles. The van der Waals surface area contributed by atoms with Gasteiger partial charge >= 0.3 is 12.1 Å². The molecule has 1 saturated carbocycles. The number of aromatic carboxylic acids is 1. The minimum Gasteiger partial charge on any atom is -0.494 e. The maximum Gasteiger partial charge on any atom is 0.410 e. The molecule has 2 heterocycles. The number of fused-ring (bicyclic) bond motifs is 2.